The summed E-state index contributed by atoms with van der Waals surface area (Å²) in [4.78, 5) is 17.2. The first kappa shape index (κ1) is 14.4. The van der Waals surface area contributed by atoms with Crippen molar-refractivity contribution < 1.29 is 4.79 Å². The number of carbonyl (C=O) groups is 1. The Kier molecular flexibility index (Phi) is 3.89. The van der Waals surface area contributed by atoms with Crippen molar-refractivity contribution in [3.63, 3.8) is 0 Å². The first-order valence-corrected chi connectivity index (χ1v) is 7.92. The van der Waals surface area contributed by atoms with Crippen LogP contribution in [0.4, 0.5) is 5.69 Å². The van der Waals surface area contributed by atoms with Crippen molar-refractivity contribution in [2.45, 2.75) is 32.2 Å². The molecule has 2 N–H and O–H groups in total. The number of nitrogen functional groups attached to an aromatic ring is 1. The standard InChI is InChI=1S/C17H25N3O/c1-12-5-6-13(10-15(12)18)17(21)20-9-7-16-14(11-20)4-3-8-19(16)2/h5-6,10,14,16H,3-4,7-9,11,18H2,1-2H3. The molecule has 2 aliphatic heterocycles. The molecule has 0 spiro atoms. The van der Waals surface area contributed by atoms with E-state index in [1.807, 2.05) is 30.0 Å². The van der Waals surface area contributed by atoms with Gasteiger partial charge < -0.3 is 15.5 Å². The van der Waals surface area contributed by atoms with Crippen molar-refractivity contribution in [1.29, 1.82) is 0 Å². The molecule has 0 radical (unpaired) electrons. The molecular formula is C17H25N3O. The summed E-state index contributed by atoms with van der Waals surface area (Å²) < 4.78 is 0. The van der Waals surface area contributed by atoms with Crippen molar-refractivity contribution in [2.24, 2.45) is 5.92 Å². The van der Waals surface area contributed by atoms with Crippen molar-refractivity contribution in [3.8, 4) is 0 Å². The number of piperidine rings is 2. The highest BCUT2D eigenvalue weighted by atomic mass is 16.2. The second kappa shape index (κ2) is 5.68. The van der Waals surface area contributed by atoms with E-state index < -0.39 is 0 Å². The number of aryl methyl sites for hydroxylation is 1. The quantitative estimate of drug-likeness (QED) is 0.805. The minimum Gasteiger partial charge on any atom is -0.398 e. The fraction of sp³-hybridized carbons (Fsp3) is 0.588. The predicted octanol–water partition coefficient (Wildman–Crippen LogP) is 2.13. The van der Waals surface area contributed by atoms with Crippen LogP contribution in [0, 0.1) is 12.8 Å². The van der Waals surface area contributed by atoms with Gasteiger partial charge >= 0.3 is 0 Å². The molecule has 1 amide bonds. The van der Waals surface area contributed by atoms with Crippen LogP contribution in [-0.4, -0.2) is 48.4 Å². The van der Waals surface area contributed by atoms with E-state index in [4.69, 9.17) is 5.73 Å². The van der Waals surface area contributed by atoms with Crippen molar-refractivity contribution in [2.75, 3.05) is 32.4 Å². The third-order valence-corrected chi connectivity index (χ3v) is 5.16. The Bertz CT molecular complexity index is 543. The van der Waals surface area contributed by atoms with Gasteiger partial charge in [-0.15, -0.1) is 0 Å². The summed E-state index contributed by atoms with van der Waals surface area (Å²) in [5.74, 6) is 0.762. The minimum atomic E-state index is 0.133. The van der Waals surface area contributed by atoms with Crippen LogP contribution in [0.15, 0.2) is 18.2 Å². The van der Waals surface area contributed by atoms with E-state index in [9.17, 15) is 4.79 Å². The second-order valence-electron chi connectivity index (χ2n) is 6.56. The largest absolute Gasteiger partial charge is 0.398 e. The Morgan fingerprint density at radius 3 is 2.86 bits per heavy atom. The predicted molar refractivity (Wildman–Crippen MR) is 85.3 cm³/mol. The molecule has 0 saturated carbocycles. The molecule has 1 aromatic carbocycles. The Labute approximate surface area is 126 Å². The van der Waals surface area contributed by atoms with Crippen LogP contribution in [0.1, 0.15) is 35.2 Å². The number of benzene rings is 1. The number of fused-ring (bicyclic) bond motifs is 1. The van der Waals surface area contributed by atoms with Crippen LogP contribution in [-0.2, 0) is 0 Å². The number of hydrogen-bond donors (Lipinski definition) is 1. The third-order valence-electron chi connectivity index (χ3n) is 5.16. The number of nitrogens with two attached hydrogens (primary N) is 1. The SMILES string of the molecule is Cc1ccc(C(=O)N2CCC3C(CCCN3C)C2)cc1N. The van der Waals surface area contributed by atoms with Gasteiger partial charge in [-0.2, -0.15) is 0 Å². The molecule has 0 aliphatic carbocycles. The Morgan fingerprint density at radius 2 is 2.10 bits per heavy atom. The molecule has 4 nitrogen and oxygen atoms in total. The van der Waals surface area contributed by atoms with Gasteiger partial charge in [0.05, 0.1) is 0 Å². The van der Waals surface area contributed by atoms with E-state index in [1.54, 1.807) is 0 Å². The fourth-order valence-corrected chi connectivity index (χ4v) is 3.79. The van der Waals surface area contributed by atoms with Crippen LogP contribution in [0.2, 0.25) is 0 Å². The molecule has 3 rings (SSSR count). The fourth-order valence-electron chi connectivity index (χ4n) is 3.79. The molecule has 2 unspecified atom stereocenters. The molecule has 21 heavy (non-hydrogen) atoms. The maximum atomic E-state index is 12.7. The van der Waals surface area contributed by atoms with Gasteiger partial charge in [0.15, 0.2) is 0 Å². The molecule has 4 heteroatoms. The lowest BCUT2D eigenvalue weighted by Gasteiger charge is -2.46. The Morgan fingerprint density at radius 1 is 1.29 bits per heavy atom. The average molecular weight is 287 g/mol. The molecule has 0 aromatic heterocycles. The van der Waals surface area contributed by atoms with E-state index in [2.05, 4.69) is 11.9 Å². The first-order chi connectivity index (χ1) is 10.1. The van der Waals surface area contributed by atoms with Crippen molar-refractivity contribution in [3.05, 3.63) is 29.3 Å². The van der Waals surface area contributed by atoms with E-state index in [-0.39, 0.29) is 5.91 Å². The van der Waals surface area contributed by atoms with Gasteiger partial charge in [-0.3, -0.25) is 4.79 Å². The molecular weight excluding hydrogens is 262 g/mol. The molecule has 2 saturated heterocycles. The zero-order chi connectivity index (χ0) is 15.0. The zero-order valence-electron chi connectivity index (χ0n) is 13.0. The number of anilines is 1. The van der Waals surface area contributed by atoms with Crippen LogP contribution in [0.5, 0.6) is 0 Å². The van der Waals surface area contributed by atoms with Gasteiger partial charge in [0.2, 0.25) is 0 Å². The lowest BCUT2D eigenvalue weighted by molar-refractivity contribution is 0.0317. The van der Waals surface area contributed by atoms with Crippen LogP contribution >= 0.6 is 0 Å². The molecule has 2 aliphatic rings. The maximum Gasteiger partial charge on any atom is 0.253 e. The van der Waals surface area contributed by atoms with Gasteiger partial charge in [0, 0.05) is 30.4 Å². The molecule has 1 aromatic rings. The number of rotatable bonds is 1. The highest BCUT2D eigenvalue weighted by molar-refractivity contribution is 5.95. The molecule has 2 fully saturated rings. The van der Waals surface area contributed by atoms with Crippen LogP contribution in [0.3, 0.4) is 0 Å². The van der Waals surface area contributed by atoms with E-state index >= 15 is 0 Å². The Balaban J connectivity index is 1.72. The second-order valence-corrected chi connectivity index (χ2v) is 6.56. The van der Waals surface area contributed by atoms with Gasteiger partial charge in [-0.25, -0.2) is 0 Å². The summed E-state index contributed by atoms with van der Waals surface area (Å²) in [5.41, 5.74) is 8.39. The molecule has 0 bridgehead atoms. The molecule has 114 valence electrons. The van der Waals surface area contributed by atoms with Gasteiger partial charge in [-0.1, -0.05) is 6.07 Å². The third kappa shape index (κ3) is 2.77. The van der Waals surface area contributed by atoms with E-state index in [0.717, 1.165) is 30.6 Å². The van der Waals surface area contributed by atoms with Crippen molar-refractivity contribution in [1.82, 2.24) is 9.80 Å². The first-order valence-electron chi connectivity index (χ1n) is 7.92. The van der Waals surface area contributed by atoms with E-state index in [1.165, 1.54) is 19.4 Å². The topological polar surface area (TPSA) is 49.6 Å². The molecule has 2 heterocycles. The maximum absolute atomic E-state index is 12.7. The van der Waals surface area contributed by atoms with Gasteiger partial charge in [0.1, 0.15) is 0 Å². The van der Waals surface area contributed by atoms with Gasteiger partial charge in [-0.05, 0) is 63.4 Å². The number of likely N-dealkylation sites (tertiary alicyclic amines) is 2. The summed E-state index contributed by atoms with van der Waals surface area (Å²) in [6.45, 7) is 4.91. The zero-order valence-corrected chi connectivity index (χ0v) is 13.0. The number of hydrogen-bond acceptors (Lipinski definition) is 3. The number of nitrogens with zero attached hydrogens (tertiary/aromatic N) is 2. The minimum absolute atomic E-state index is 0.133. The normalized spacial score (nSPS) is 26.5. The number of carbonyl (C=O) groups excluding carboxylic acids is 1. The highest BCUT2D eigenvalue weighted by Gasteiger charge is 2.35. The lowest BCUT2D eigenvalue weighted by atomic mass is 9.84. The average Bonchev–Trinajstić information content (AvgIpc) is 2.49. The number of amides is 1. The summed E-state index contributed by atoms with van der Waals surface area (Å²) >= 11 is 0. The molecule has 2 atom stereocenters. The summed E-state index contributed by atoms with van der Waals surface area (Å²) in [7, 11) is 2.22. The lowest BCUT2D eigenvalue weighted by Crippen LogP contribution is -2.53. The highest BCUT2D eigenvalue weighted by Crippen LogP contribution is 2.30. The summed E-state index contributed by atoms with van der Waals surface area (Å²) in [6.07, 6.45) is 3.58. The summed E-state index contributed by atoms with van der Waals surface area (Å²) in [5, 5.41) is 0. The smallest absolute Gasteiger partial charge is 0.253 e. The monoisotopic (exact) mass is 287 g/mol. The van der Waals surface area contributed by atoms with Crippen LogP contribution in [0.25, 0.3) is 0 Å². The van der Waals surface area contributed by atoms with E-state index in [0.29, 0.717) is 17.6 Å². The van der Waals surface area contributed by atoms with Crippen LogP contribution < -0.4 is 5.73 Å². The van der Waals surface area contributed by atoms with Crippen molar-refractivity contribution >= 4 is 11.6 Å². The summed E-state index contributed by atoms with van der Waals surface area (Å²) in [6, 6.07) is 6.30. The Hall–Kier alpha value is -1.55. The van der Waals surface area contributed by atoms with Gasteiger partial charge in [0.25, 0.3) is 5.91 Å².